The van der Waals surface area contributed by atoms with Crippen LogP contribution in [0, 0.1) is 5.41 Å². The first-order chi connectivity index (χ1) is 6.46. The van der Waals surface area contributed by atoms with Crippen molar-refractivity contribution in [2.45, 2.75) is 12.8 Å². The van der Waals surface area contributed by atoms with Crippen molar-refractivity contribution in [3.05, 3.63) is 12.7 Å². The van der Waals surface area contributed by atoms with Gasteiger partial charge in [0.2, 0.25) is 0 Å². The lowest BCUT2D eigenvalue weighted by Gasteiger charge is -2.30. The summed E-state index contributed by atoms with van der Waals surface area (Å²) in [5.74, 6) is -0.315. The zero-order chi connectivity index (χ0) is 10.8. The molecular formula is C9H14O4S. The van der Waals surface area contributed by atoms with Crippen LogP contribution in [0.25, 0.3) is 0 Å². The molecule has 0 aromatic carbocycles. The Hall–Kier alpha value is -0.840. The number of rotatable bonds is 2. The van der Waals surface area contributed by atoms with Crippen molar-refractivity contribution >= 4 is 15.8 Å². The predicted octanol–water partition coefficient (Wildman–Crippen LogP) is 0.540. The average Bonchev–Trinajstić information content (AvgIpc) is 2.18. The molecule has 80 valence electrons. The third-order valence-corrected chi connectivity index (χ3v) is 4.35. The highest BCUT2D eigenvalue weighted by atomic mass is 32.2. The van der Waals surface area contributed by atoms with Gasteiger partial charge < -0.3 is 4.74 Å². The molecule has 0 aromatic heterocycles. The molecule has 0 amide bonds. The van der Waals surface area contributed by atoms with E-state index in [9.17, 15) is 13.2 Å². The SMILES string of the molecule is C=CC1(C(=O)OC)CCS(=O)(=O)CC1. The molecule has 1 saturated heterocycles. The maximum Gasteiger partial charge on any atom is 0.315 e. The van der Waals surface area contributed by atoms with Crippen LogP contribution in [0.2, 0.25) is 0 Å². The summed E-state index contributed by atoms with van der Waals surface area (Å²) in [7, 11) is -1.66. The second-order valence-electron chi connectivity index (χ2n) is 3.50. The molecule has 1 aliphatic rings. The van der Waals surface area contributed by atoms with Crippen LogP contribution in [0.15, 0.2) is 12.7 Å². The summed E-state index contributed by atoms with van der Waals surface area (Å²) in [6, 6.07) is 0. The third kappa shape index (κ3) is 1.97. The number of carbonyl (C=O) groups is 1. The molecule has 1 rings (SSSR count). The molecule has 0 unspecified atom stereocenters. The minimum Gasteiger partial charge on any atom is -0.468 e. The highest BCUT2D eigenvalue weighted by molar-refractivity contribution is 7.91. The summed E-state index contributed by atoms with van der Waals surface area (Å²) < 4.78 is 27.0. The van der Waals surface area contributed by atoms with Crippen molar-refractivity contribution in [1.29, 1.82) is 0 Å². The van der Waals surface area contributed by atoms with Crippen LogP contribution in [0.3, 0.4) is 0 Å². The van der Waals surface area contributed by atoms with Gasteiger partial charge in [-0.05, 0) is 12.8 Å². The average molecular weight is 218 g/mol. The van der Waals surface area contributed by atoms with Crippen LogP contribution in [-0.4, -0.2) is 33.0 Å². The van der Waals surface area contributed by atoms with Crippen LogP contribution in [0.5, 0.6) is 0 Å². The lowest BCUT2D eigenvalue weighted by Crippen LogP contribution is -2.38. The fraction of sp³-hybridized carbons (Fsp3) is 0.667. The third-order valence-electron chi connectivity index (χ3n) is 2.70. The zero-order valence-electron chi connectivity index (χ0n) is 8.15. The van der Waals surface area contributed by atoms with Gasteiger partial charge in [0.15, 0.2) is 0 Å². The first kappa shape index (κ1) is 11.2. The van der Waals surface area contributed by atoms with Crippen LogP contribution >= 0.6 is 0 Å². The molecule has 5 heteroatoms. The molecule has 0 aromatic rings. The van der Waals surface area contributed by atoms with E-state index in [0.29, 0.717) is 0 Å². The van der Waals surface area contributed by atoms with Crippen molar-refractivity contribution < 1.29 is 17.9 Å². The Morgan fingerprint density at radius 2 is 1.93 bits per heavy atom. The van der Waals surface area contributed by atoms with Gasteiger partial charge >= 0.3 is 5.97 Å². The molecule has 0 radical (unpaired) electrons. The van der Waals surface area contributed by atoms with Crippen LogP contribution < -0.4 is 0 Å². The lowest BCUT2D eigenvalue weighted by atomic mass is 9.82. The summed E-state index contributed by atoms with van der Waals surface area (Å²) in [5.41, 5.74) is -0.792. The first-order valence-corrected chi connectivity index (χ1v) is 6.20. The van der Waals surface area contributed by atoms with Gasteiger partial charge in [0.1, 0.15) is 9.84 Å². The molecule has 0 aliphatic carbocycles. The normalized spacial score (nSPS) is 23.8. The standard InChI is InChI=1S/C9H14O4S/c1-3-9(8(10)13-2)4-6-14(11,12)7-5-9/h3H,1,4-7H2,2H3. The Labute approximate surface area is 83.9 Å². The van der Waals surface area contributed by atoms with Crippen molar-refractivity contribution in [2.75, 3.05) is 18.6 Å². The number of methoxy groups -OCH3 is 1. The van der Waals surface area contributed by atoms with Crippen molar-refractivity contribution in [3.8, 4) is 0 Å². The largest absolute Gasteiger partial charge is 0.468 e. The fourth-order valence-corrected chi connectivity index (χ4v) is 3.15. The molecule has 1 aliphatic heterocycles. The maximum absolute atomic E-state index is 11.4. The molecule has 14 heavy (non-hydrogen) atoms. The molecule has 0 saturated carbocycles. The van der Waals surface area contributed by atoms with Gasteiger partial charge in [0.05, 0.1) is 24.0 Å². The van der Waals surface area contributed by atoms with Crippen LogP contribution in [0.1, 0.15) is 12.8 Å². The Morgan fingerprint density at radius 3 is 2.29 bits per heavy atom. The van der Waals surface area contributed by atoms with E-state index in [1.807, 2.05) is 0 Å². The molecule has 1 heterocycles. The number of hydrogen-bond acceptors (Lipinski definition) is 4. The minimum absolute atomic E-state index is 0.0358. The Kier molecular flexibility index (Phi) is 2.99. The summed E-state index contributed by atoms with van der Waals surface area (Å²) in [6.07, 6.45) is 2.07. The van der Waals surface area contributed by atoms with Gasteiger partial charge in [-0.15, -0.1) is 6.58 Å². The van der Waals surface area contributed by atoms with E-state index in [4.69, 9.17) is 0 Å². The first-order valence-electron chi connectivity index (χ1n) is 4.38. The molecule has 0 spiro atoms. The molecule has 0 atom stereocenters. The van der Waals surface area contributed by atoms with E-state index >= 15 is 0 Å². The summed E-state index contributed by atoms with van der Waals surface area (Å²) in [4.78, 5) is 11.4. The van der Waals surface area contributed by atoms with Gasteiger partial charge in [-0.3, -0.25) is 4.79 Å². The van der Waals surface area contributed by atoms with E-state index in [-0.39, 0.29) is 30.3 Å². The van der Waals surface area contributed by atoms with Gasteiger partial charge in [0.25, 0.3) is 0 Å². The smallest absolute Gasteiger partial charge is 0.315 e. The zero-order valence-corrected chi connectivity index (χ0v) is 8.97. The van der Waals surface area contributed by atoms with E-state index < -0.39 is 15.3 Å². The monoisotopic (exact) mass is 218 g/mol. The quantitative estimate of drug-likeness (QED) is 0.501. The second-order valence-corrected chi connectivity index (χ2v) is 5.81. The summed E-state index contributed by atoms with van der Waals surface area (Å²) in [5, 5.41) is 0. The molecule has 0 N–H and O–H groups in total. The van der Waals surface area contributed by atoms with Gasteiger partial charge in [0, 0.05) is 0 Å². The Morgan fingerprint density at radius 1 is 1.43 bits per heavy atom. The maximum atomic E-state index is 11.4. The number of hydrogen-bond donors (Lipinski definition) is 0. The Balaban J connectivity index is 2.86. The van der Waals surface area contributed by atoms with Crippen LogP contribution in [0.4, 0.5) is 0 Å². The summed E-state index contributed by atoms with van der Waals surface area (Å²) >= 11 is 0. The fourth-order valence-electron chi connectivity index (χ4n) is 1.60. The number of esters is 1. The van der Waals surface area contributed by atoms with E-state index in [1.165, 1.54) is 13.2 Å². The molecule has 1 fully saturated rings. The van der Waals surface area contributed by atoms with E-state index in [1.54, 1.807) is 0 Å². The Bertz CT molecular complexity index is 328. The molecular weight excluding hydrogens is 204 g/mol. The highest BCUT2D eigenvalue weighted by Crippen LogP contribution is 2.34. The molecule has 0 bridgehead atoms. The van der Waals surface area contributed by atoms with Gasteiger partial charge in [-0.25, -0.2) is 8.42 Å². The second kappa shape index (κ2) is 3.73. The van der Waals surface area contributed by atoms with Crippen molar-refractivity contribution in [3.63, 3.8) is 0 Å². The number of sulfone groups is 1. The number of carbonyl (C=O) groups excluding carboxylic acids is 1. The van der Waals surface area contributed by atoms with Crippen molar-refractivity contribution in [2.24, 2.45) is 5.41 Å². The summed E-state index contributed by atoms with van der Waals surface area (Å²) in [6.45, 7) is 3.58. The minimum atomic E-state index is -2.96. The van der Waals surface area contributed by atoms with Crippen molar-refractivity contribution in [1.82, 2.24) is 0 Å². The van der Waals surface area contributed by atoms with E-state index in [0.717, 1.165) is 0 Å². The van der Waals surface area contributed by atoms with Crippen LogP contribution in [-0.2, 0) is 19.4 Å². The van der Waals surface area contributed by atoms with E-state index in [2.05, 4.69) is 11.3 Å². The van der Waals surface area contributed by atoms with Gasteiger partial charge in [-0.1, -0.05) is 6.08 Å². The highest BCUT2D eigenvalue weighted by Gasteiger charge is 2.41. The van der Waals surface area contributed by atoms with Gasteiger partial charge in [-0.2, -0.15) is 0 Å². The lowest BCUT2D eigenvalue weighted by molar-refractivity contribution is -0.150. The number of ether oxygens (including phenoxy) is 1. The molecule has 4 nitrogen and oxygen atoms in total. The topological polar surface area (TPSA) is 60.4 Å². The predicted molar refractivity (Wildman–Crippen MR) is 52.5 cm³/mol.